The SMILES string of the molecule is O=S1(=O)N[C@@]2(CN1CC(F)(F)F)[C@@H]1CC[C@H]2Cc2ccc(C=CC(CO)N3CCC(C(F)(F)F)CC3)cc2C1. The summed E-state index contributed by atoms with van der Waals surface area (Å²) in [6.45, 7) is -1.44. The molecule has 39 heavy (non-hydrogen) atoms. The minimum absolute atomic E-state index is 0.00114. The van der Waals surface area contributed by atoms with Gasteiger partial charge in [-0.05, 0) is 80.1 Å². The fraction of sp³-hybridized carbons (Fsp3) is 0.692. The topological polar surface area (TPSA) is 72.9 Å². The summed E-state index contributed by atoms with van der Waals surface area (Å²) in [7, 11) is -4.25. The third-order valence-corrected chi connectivity index (χ3v) is 10.7. The van der Waals surface area contributed by atoms with Crippen molar-refractivity contribution < 1.29 is 39.9 Å². The van der Waals surface area contributed by atoms with Crippen LogP contribution in [0.4, 0.5) is 26.3 Å². The second-order valence-electron chi connectivity index (χ2n) is 11.4. The Bertz CT molecular complexity index is 1200. The lowest BCUT2D eigenvalue weighted by molar-refractivity contribution is -0.185. The number of aliphatic hydroxyl groups excluding tert-OH is 1. The van der Waals surface area contributed by atoms with E-state index in [0.29, 0.717) is 23.6 Å². The highest BCUT2D eigenvalue weighted by molar-refractivity contribution is 7.87. The molecule has 1 saturated carbocycles. The summed E-state index contributed by atoms with van der Waals surface area (Å²) in [6, 6.07) is 5.44. The van der Waals surface area contributed by atoms with Gasteiger partial charge in [0.05, 0.1) is 24.1 Å². The molecule has 5 rings (SSSR count). The van der Waals surface area contributed by atoms with Crippen molar-refractivity contribution in [3.63, 3.8) is 0 Å². The van der Waals surface area contributed by atoms with E-state index in [9.17, 15) is 39.9 Å². The average molecular weight is 582 g/mol. The maximum absolute atomic E-state index is 13.1. The Balaban J connectivity index is 1.30. The maximum Gasteiger partial charge on any atom is 0.402 e. The summed E-state index contributed by atoms with van der Waals surface area (Å²) < 4.78 is 107. The first-order chi connectivity index (χ1) is 18.2. The van der Waals surface area contributed by atoms with Crippen LogP contribution < -0.4 is 4.72 Å². The first-order valence-corrected chi connectivity index (χ1v) is 14.7. The van der Waals surface area contributed by atoms with Gasteiger partial charge in [0.25, 0.3) is 10.2 Å². The van der Waals surface area contributed by atoms with Gasteiger partial charge in [0, 0.05) is 6.54 Å². The summed E-state index contributed by atoms with van der Waals surface area (Å²) in [5.41, 5.74) is 1.96. The molecule has 4 aliphatic rings. The van der Waals surface area contributed by atoms with E-state index in [-0.39, 0.29) is 50.9 Å². The zero-order valence-corrected chi connectivity index (χ0v) is 22.1. The number of hydrogen-bond acceptors (Lipinski definition) is 4. The average Bonchev–Trinajstić information content (AvgIpc) is 3.23. The van der Waals surface area contributed by atoms with Crippen LogP contribution in [0.5, 0.6) is 0 Å². The number of halogens is 6. The van der Waals surface area contributed by atoms with Crippen LogP contribution in [0.25, 0.3) is 6.08 Å². The third kappa shape index (κ3) is 5.88. The standard InChI is InChI=1S/C26H33F6N3O3S/c27-25(28,29)16-35-15-24(33-39(35,37)38)21-4-5-22(24)13-19-11-17(1-3-18(19)12-21)2-6-23(14-36)34-9-7-20(8-10-34)26(30,31)32/h1-3,6,11,20-23,33,36H,4-5,7-10,12-16H2/t21-,22+,23?,24+/m0/s1. The van der Waals surface area contributed by atoms with Gasteiger partial charge in [-0.2, -0.15) is 43.8 Å². The number of nitrogens with zero attached hydrogens (tertiary/aromatic N) is 2. The second kappa shape index (κ2) is 10.3. The zero-order valence-electron chi connectivity index (χ0n) is 21.3. The fourth-order valence-corrected chi connectivity index (χ4v) is 8.75. The van der Waals surface area contributed by atoms with Crippen LogP contribution in [0.2, 0.25) is 0 Å². The minimum Gasteiger partial charge on any atom is -0.394 e. The van der Waals surface area contributed by atoms with E-state index in [1.807, 2.05) is 29.2 Å². The number of piperidine rings is 1. The van der Waals surface area contributed by atoms with Crippen molar-refractivity contribution in [3.05, 3.63) is 41.0 Å². The molecule has 2 saturated heterocycles. The molecule has 1 unspecified atom stereocenters. The molecule has 2 bridgehead atoms. The van der Waals surface area contributed by atoms with Crippen LogP contribution in [0, 0.1) is 17.8 Å². The number of alkyl halides is 6. The predicted octanol–water partition coefficient (Wildman–Crippen LogP) is 3.91. The molecule has 0 amide bonds. The highest BCUT2D eigenvalue weighted by atomic mass is 32.2. The van der Waals surface area contributed by atoms with Crippen molar-refractivity contribution in [2.24, 2.45) is 17.8 Å². The molecule has 218 valence electrons. The molecule has 0 aromatic heterocycles. The molecule has 2 heterocycles. The lowest BCUT2D eigenvalue weighted by Crippen LogP contribution is -2.52. The molecular formula is C26H33F6N3O3S. The summed E-state index contributed by atoms with van der Waals surface area (Å²) in [4.78, 5) is 1.85. The summed E-state index contributed by atoms with van der Waals surface area (Å²) in [6.07, 6.45) is -2.66. The molecule has 0 radical (unpaired) electrons. The number of hydrogen-bond donors (Lipinski definition) is 2. The molecule has 1 aromatic carbocycles. The van der Waals surface area contributed by atoms with E-state index >= 15 is 0 Å². The largest absolute Gasteiger partial charge is 0.402 e. The molecule has 1 aromatic rings. The smallest absolute Gasteiger partial charge is 0.394 e. The van der Waals surface area contributed by atoms with Crippen LogP contribution in [0.3, 0.4) is 0 Å². The van der Waals surface area contributed by atoms with Gasteiger partial charge >= 0.3 is 12.4 Å². The van der Waals surface area contributed by atoms with Gasteiger partial charge in [-0.1, -0.05) is 30.4 Å². The lowest BCUT2D eigenvalue weighted by atomic mass is 9.79. The van der Waals surface area contributed by atoms with Crippen molar-refractivity contribution in [2.45, 2.75) is 62.5 Å². The molecule has 2 aliphatic heterocycles. The second-order valence-corrected chi connectivity index (χ2v) is 13.1. The number of aliphatic hydroxyl groups is 1. The summed E-state index contributed by atoms with van der Waals surface area (Å²) in [5, 5.41) is 9.89. The first-order valence-electron chi connectivity index (χ1n) is 13.3. The molecule has 2 aliphatic carbocycles. The highest BCUT2D eigenvalue weighted by Crippen LogP contribution is 2.50. The van der Waals surface area contributed by atoms with E-state index in [1.54, 1.807) is 6.08 Å². The van der Waals surface area contributed by atoms with Crippen LogP contribution in [-0.4, -0.2) is 79.4 Å². The van der Waals surface area contributed by atoms with Crippen molar-refractivity contribution in [1.82, 2.24) is 13.9 Å². The molecule has 4 atom stereocenters. The van der Waals surface area contributed by atoms with Gasteiger partial charge < -0.3 is 5.11 Å². The Hall–Kier alpha value is -1.67. The Morgan fingerprint density at radius 2 is 1.67 bits per heavy atom. The van der Waals surface area contributed by atoms with Crippen LogP contribution in [0.1, 0.15) is 42.4 Å². The number of fused-ring (bicyclic) bond motifs is 1. The van der Waals surface area contributed by atoms with Gasteiger partial charge in [-0.3, -0.25) is 4.90 Å². The molecule has 3 fully saturated rings. The summed E-state index contributed by atoms with van der Waals surface area (Å²) in [5.74, 6) is -1.57. The zero-order chi connectivity index (χ0) is 28.2. The van der Waals surface area contributed by atoms with Crippen molar-refractivity contribution in [3.8, 4) is 0 Å². The number of rotatable bonds is 5. The van der Waals surface area contributed by atoms with Crippen molar-refractivity contribution in [1.29, 1.82) is 0 Å². The molecule has 6 nitrogen and oxygen atoms in total. The lowest BCUT2D eigenvalue weighted by Gasteiger charge is -2.36. The monoisotopic (exact) mass is 581 g/mol. The summed E-state index contributed by atoms with van der Waals surface area (Å²) >= 11 is 0. The molecule has 13 heteroatoms. The number of nitrogens with one attached hydrogen (secondary N) is 1. The number of benzene rings is 1. The Kier molecular flexibility index (Phi) is 7.62. The minimum atomic E-state index is -4.63. The van der Waals surface area contributed by atoms with Crippen molar-refractivity contribution in [2.75, 3.05) is 32.8 Å². The van der Waals surface area contributed by atoms with Gasteiger partial charge in [-0.25, -0.2) is 0 Å². The van der Waals surface area contributed by atoms with E-state index in [1.165, 1.54) is 0 Å². The van der Waals surface area contributed by atoms with E-state index in [0.717, 1.165) is 23.1 Å². The normalized spacial score (nSPS) is 31.2. The van der Waals surface area contributed by atoms with E-state index < -0.39 is 46.6 Å². The number of likely N-dealkylation sites (tertiary alicyclic amines) is 1. The predicted molar refractivity (Wildman–Crippen MR) is 133 cm³/mol. The van der Waals surface area contributed by atoms with Gasteiger partial charge in [0.1, 0.15) is 6.54 Å². The third-order valence-electron chi connectivity index (χ3n) is 9.10. The quantitative estimate of drug-likeness (QED) is 0.518. The van der Waals surface area contributed by atoms with Crippen LogP contribution >= 0.6 is 0 Å². The maximum atomic E-state index is 13.1. The first kappa shape index (κ1) is 28.8. The molecule has 2 N–H and O–H groups in total. The van der Waals surface area contributed by atoms with Crippen LogP contribution in [0.15, 0.2) is 24.3 Å². The van der Waals surface area contributed by atoms with Gasteiger partial charge in [0.2, 0.25) is 0 Å². The Morgan fingerprint density at radius 3 is 2.26 bits per heavy atom. The molecular weight excluding hydrogens is 548 g/mol. The van der Waals surface area contributed by atoms with E-state index in [2.05, 4.69) is 4.72 Å². The van der Waals surface area contributed by atoms with E-state index in [4.69, 9.17) is 0 Å². The Labute approximate surface area is 224 Å². The van der Waals surface area contributed by atoms with Crippen molar-refractivity contribution >= 4 is 16.3 Å². The molecule has 1 spiro atoms. The van der Waals surface area contributed by atoms with Gasteiger partial charge in [-0.15, -0.1) is 0 Å². The fourth-order valence-electron chi connectivity index (χ4n) is 7.05. The highest BCUT2D eigenvalue weighted by Gasteiger charge is 2.60. The van der Waals surface area contributed by atoms with Gasteiger partial charge in [0.15, 0.2) is 0 Å². The van der Waals surface area contributed by atoms with Crippen LogP contribution in [-0.2, 0) is 23.1 Å². The Morgan fingerprint density at radius 1 is 1.03 bits per heavy atom.